The predicted molar refractivity (Wildman–Crippen MR) is 101 cm³/mol. The summed E-state index contributed by atoms with van der Waals surface area (Å²) in [6.07, 6.45) is 0. The number of rotatable bonds is 5. The second kappa shape index (κ2) is 6.96. The zero-order chi connectivity index (χ0) is 19.0. The van der Waals surface area contributed by atoms with E-state index < -0.39 is 0 Å². The molecule has 1 aliphatic heterocycles. The monoisotopic (exact) mass is 379 g/mol. The van der Waals surface area contributed by atoms with Gasteiger partial charge in [0.25, 0.3) is 11.8 Å². The van der Waals surface area contributed by atoms with Crippen LogP contribution < -0.4 is 0 Å². The number of tetrazole rings is 1. The lowest BCUT2D eigenvalue weighted by atomic mass is 10.0. The van der Waals surface area contributed by atoms with Crippen molar-refractivity contribution in [2.24, 2.45) is 0 Å². The lowest BCUT2D eigenvalue weighted by Crippen LogP contribution is -2.29. The van der Waals surface area contributed by atoms with E-state index in [0.717, 1.165) is 5.69 Å². The Morgan fingerprint density at radius 1 is 0.963 bits per heavy atom. The first-order valence-corrected chi connectivity index (χ1v) is 9.51. The number of hydrogen-bond donors (Lipinski definition) is 0. The van der Waals surface area contributed by atoms with Crippen molar-refractivity contribution >= 4 is 23.6 Å². The first kappa shape index (κ1) is 17.4. The molecule has 2 heterocycles. The van der Waals surface area contributed by atoms with Gasteiger partial charge in [-0.3, -0.25) is 14.5 Å². The Kier molecular flexibility index (Phi) is 4.49. The van der Waals surface area contributed by atoms with Gasteiger partial charge in [0.05, 0.1) is 22.7 Å². The predicted octanol–water partition coefficient (Wildman–Crippen LogP) is 3.13. The number of hydrogen-bond acceptors (Lipinski definition) is 6. The Morgan fingerprint density at radius 3 is 2.19 bits per heavy atom. The van der Waals surface area contributed by atoms with Gasteiger partial charge in [-0.25, -0.2) is 0 Å². The van der Waals surface area contributed by atoms with E-state index in [-0.39, 0.29) is 17.7 Å². The summed E-state index contributed by atoms with van der Waals surface area (Å²) in [6.45, 7) is 4.27. The summed E-state index contributed by atoms with van der Waals surface area (Å²) < 4.78 is 1.60. The molecule has 3 aromatic rings. The number of thioether (sulfide) groups is 1. The van der Waals surface area contributed by atoms with Crippen LogP contribution in [0.3, 0.4) is 0 Å². The van der Waals surface area contributed by atoms with E-state index >= 15 is 0 Å². The van der Waals surface area contributed by atoms with Gasteiger partial charge in [-0.15, -0.1) is 5.10 Å². The van der Waals surface area contributed by atoms with Gasteiger partial charge in [-0.2, -0.15) is 4.68 Å². The highest BCUT2D eigenvalue weighted by Gasteiger charge is 2.35. The van der Waals surface area contributed by atoms with Crippen LogP contribution in [0.5, 0.6) is 0 Å². The molecule has 1 aliphatic rings. The lowest BCUT2D eigenvalue weighted by Gasteiger charge is -2.13. The first-order chi connectivity index (χ1) is 13.1. The van der Waals surface area contributed by atoms with Crippen molar-refractivity contribution in [1.82, 2.24) is 25.1 Å². The highest BCUT2D eigenvalue weighted by molar-refractivity contribution is 7.99. The highest BCUT2D eigenvalue weighted by Crippen LogP contribution is 2.27. The summed E-state index contributed by atoms with van der Waals surface area (Å²) in [4.78, 5) is 26.1. The van der Waals surface area contributed by atoms with Crippen LogP contribution in [-0.2, 0) is 0 Å². The lowest BCUT2D eigenvalue weighted by molar-refractivity contribution is 0.0684. The van der Waals surface area contributed by atoms with Crippen LogP contribution in [0.25, 0.3) is 5.69 Å². The number of nitrogens with zero attached hydrogens (tertiary/aromatic N) is 5. The minimum absolute atomic E-state index is 0.150. The fourth-order valence-corrected chi connectivity index (χ4v) is 3.75. The number of aromatic nitrogens is 4. The van der Waals surface area contributed by atoms with E-state index in [2.05, 4.69) is 29.4 Å². The van der Waals surface area contributed by atoms with E-state index in [1.165, 1.54) is 22.2 Å². The van der Waals surface area contributed by atoms with Gasteiger partial charge >= 0.3 is 0 Å². The zero-order valence-corrected chi connectivity index (χ0v) is 15.7. The van der Waals surface area contributed by atoms with Crippen LogP contribution in [0.2, 0.25) is 0 Å². The summed E-state index contributed by atoms with van der Waals surface area (Å²) in [5, 5.41) is 12.3. The summed E-state index contributed by atoms with van der Waals surface area (Å²) in [5.41, 5.74) is 2.93. The molecule has 8 heteroatoms. The molecular formula is C19H17N5O2S. The molecule has 27 heavy (non-hydrogen) atoms. The maximum atomic E-state index is 12.5. The molecule has 0 saturated carbocycles. The van der Waals surface area contributed by atoms with Gasteiger partial charge in [-0.05, 0) is 46.2 Å². The summed E-state index contributed by atoms with van der Waals surface area (Å²) in [5.74, 6) is 0.0129. The molecule has 2 amide bonds. The fraction of sp³-hybridized carbons (Fsp3) is 0.211. The summed E-state index contributed by atoms with van der Waals surface area (Å²) in [6, 6.07) is 14.8. The minimum atomic E-state index is -0.289. The van der Waals surface area contributed by atoms with E-state index in [4.69, 9.17) is 0 Å². The normalized spacial score (nSPS) is 13.5. The molecule has 7 nitrogen and oxygen atoms in total. The number of imide groups is 1. The van der Waals surface area contributed by atoms with E-state index in [9.17, 15) is 9.59 Å². The molecule has 1 aromatic heterocycles. The number of benzene rings is 2. The van der Waals surface area contributed by atoms with Crippen molar-refractivity contribution in [2.45, 2.75) is 24.9 Å². The van der Waals surface area contributed by atoms with E-state index in [1.807, 2.05) is 24.3 Å². The SMILES string of the molecule is CC(C)c1ccc(-n2nnnc2SCN2C(=O)c3ccccc3C2=O)cc1. The molecule has 0 atom stereocenters. The molecule has 0 fully saturated rings. The second-order valence-corrected chi connectivity index (χ2v) is 7.39. The van der Waals surface area contributed by atoms with Crippen LogP contribution in [0, 0.1) is 0 Å². The van der Waals surface area contributed by atoms with Crippen molar-refractivity contribution in [3.8, 4) is 5.69 Å². The van der Waals surface area contributed by atoms with Crippen LogP contribution in [-0.4, -0.2) is 42.8 Å². The van der Waals surface area contributed by atoms with E-state index in [1.54, 1.807) is 28.9 Å². The third-order valence-corrected chi connectivity index (χ3v) is 5.35. The molecule has 4 rings (SSSR count). The van der Waals surface area contributed by atoms with Crippen molar-refractivity contribution < 1.29 is 9.59 Å². The van der Waals surface area contributed by atoms with E-state index in [0.29, 0.717) is 22.2 Å². The largest absolute Gasteiger partial charge is 0.269 e. The Hall–Kier alpha value is -3.00. The van der Waals surface area contributed by atoms with Gasteiger partial charge in [0.1, 0.15) is 0 Å². The maximum Gasteiger partial charge on any atom is 0.262 e. The zero-order valence-electron chi connectivity index (χ0n) is 14.9. The fourth-order valence-electron chi connectivity index (χ4n) is 2.91. The Labute approximate surface area is 160 Å². The number of carbonyl (C=O) groups excluding carboxylic acids is 2. The molecule has 0 radical (unpaired) electrons. The highest BCUT2D eigenvalue weighted by atomic mass is 32.2. The molecule has 0 spiro atoms. The molecular weight excluding hydrogens is 362 g/mol. The summed E-state index contributed by atoms with van der Waals surface area (Å²) >= 11 is 1.25. The smallest absolute Gasteiger partial charge is 0.262 e. The second-order valence-electron chi connectivity index (χ2n) is 6.48. The minimum Gasteiger partial charge on any atom is -0.269 e. The van der Waals surface area contributed by atoms with Crippen molar-refractivity contribution in [2.75, 3.05) is 5.88 Å². The van der Waals surface area contributed by atoms with Gasteiger partial charge in [0.15, 0.2) is 0 Å². The molecule has 136 valence electrons. The average Bonchev–Trinajstić information content (AvgIpc) is 3.24. The Balaban J connectivity index is 1.52. The molecule has 0 unspecified atom stereocenters. The quantitative estimate of drug-likeness (QED) is 0.500. The molecule has 0 N–H and O–H groups in total. The number of carbonyl (C=O) groups is 2. The van der Waals surface area contributed by atoms with Gasteiger partial charge in [0, 0.05) is 0 Å². The molecule has 0 aliphatic carbocycles. The van der Waals surface area contributed by atoms with Crippen LogP contribution >= 0.6 is 11.8 Å². The van der Waals surface area contributed by atoms with Crippen LogP contribution in [0.1, 0.15) is 46.0 Å². The third kappa shape index (κ3) is 3.12. The topological polar surface area (TPSA) is 81.0 Å². The first-order valence-electron chi connectivity index (χ1n) is 8.53. The van der Waals surface area contributed by atoms with Crippen LogP contribution in [0.15, 0.2) is 53.7 Å². The average molecular weight is 379 g/mol. The van der Waals surface area contributed by atoms with Crippen molar-refractivity contribution in [3.63, 3.8) is 0 Å². The molecule has 2 aromatic carbocycles. The Morgan fingerprint density at radius 2 is 1.59 bits per heavy atom. The molecule has 0 saturated heterocycles. The number of amides is 2. The Bertz CT molecular complexity index is 978. The van der Waals surface area contributed by atoms with Crippen molar-refractivity contribution in [3.05, 3.63) is 65.2 Å². The number of fused-ring (bicyclic) bond motifs is 1. The van der Waals surface area contributed by atoms with Crippen molar-refractivity contribution in [1.29, 1.82) is 0 Å². The summed E-state index contributed by atoms with van der Waals surface area (Å²) in [7, 11) is 0. The van der Waals surface area contributed by atoms with Gasteiger partial charge < -0.3 is 0 Å². The third-order valence-electron chi connectivity index (χ3n) is 4.45. The van der Waals surface area contributed by atoms with Gasteiger partial charge in [0.2, 0.25) is 5.16 Å². The van der Waals surface area contributed by atoms with Gasteiger partial charge in [-0.1, -0.05) is 49.9 Å². The van der Waals surface area contributed by atoms with Crippen LogP contribution in [0.4, 0.5) is 0 Å². The maximum absolute atomic E-state index is 12.5. The standard InChI is InChI=1S/C19H17N5O2S/c1-12(2)13-7-9-14(10-8-13)24-19(20-21-22-24)27-11-23-17(25)15-5-3-4-6-16(15)18(23)26/h3-10,12H,11H2,1-2H3. The molecule has 0 bridgehead atoms.